The molecule has 0 saturated carbocycles. The Bertz CT molecular complexity index is 229. The average molecular weight is 173 g/mol. The van der Waals surface area contributed by atoms with Crippen LogP contribution in [0, 0.1) is 0 Å². The van der Waals surface area contributed by atoms with Crippen LogP contribution in [0.3, 0.4) is 0 Å². The van der Waals surface area contributed by atoms with Crippen LogP contribution in [0.25, 0.3) is 0 Å². The Morgan fingerprint density at radius 3 is 3.09 bits per heavy atom. The topological polar surface area (TPSA) is 35.0 Å². The summed E-state index contributed by atoms with van der Waals surface area (Å²) in [5, 5.41) is 0.266. The molecule has 0 fully saturated rings. The molecule has 0 aliphatic rings. The molecule has 0 spiro atoms. The molecular weight excluding hydrogens is 164 g/mol. The maximum absolute atomic E-state index is 5.55. The first-order valence-electron chi connectivity index (χ1n) is 3.38. The first kappa shape index (κ1) is 8.43. The summed E-state index contributed by atoms with van der Waals surface area (Å²) in [7, 11) is 0. The lowest BCUT2D eigenvalue weighted by atomic mass is 10.4. The summed E-state index contributed by atoms with van der Waals surface area (Å²) < 4.78 is 5.13. The summed E-state index contributed by atoms with van der Waals surface area (Å²) in [5.41, 5.74) is 0.812. The predicted octanol–water partition coefficient (Wildman–Crippen LogP) is 1.67. The molecule has 0 aromatic carbocycles. The van der Waals surface area contributed by atoms with Crippen molar-refractivity contribution < 1.29 is 4.74 Å². The van der Waals surface area contributed by atoms with Gasteiger partial charge in [0.05, 0.1) is 12.3 Å². The lowest BCUT2D eigenvalue weighted by Crippen LogP contribution is -1.95. The highest BCUT2D eigenvalue weighted by Gasteiger charge is 1.94. The second-order valence-electron chi connectivity index (χ2n) is 1.95. The number of aromatic nitrogens is 2. The molecule has 3 nitrogen and oxygen atoms in total. The van der Waals surface area contributed by atoms with Crippen LogP contribution in [0.2, 0.25) is 5.28 Å². The number of hydrogen-bond donors (Lipinski definition) is 0. The molecule has 0 aliphatic heterocycles. The number of hydrogen-bond acceptors (Lipinski definition) is 3. The molecule has 0 radical (unpaired) electrons. The molecule has 0 aliphatic carbocycles. The van der Waals surface area contributed by atoms with Gasteiger partial charge in [0.25, 0.3) is 0 Å². The van der Waals surface area contributed by atoms with Gasteiger partial charge in [-0.05, 0) is 24.6 Å². The molecule has 11 heavy (non-hydrogen) atoms. The van der Waals surface area contributed by atoms with Crippen LogP contribution in [0.15, 0.2) is 12.3 Å². The van der Waals surface area contributed by atoms with E-state index in [0.29, 0.717) is 13.2 Å². The fraction of sp³-hybridized carbons (Fsp3) is 0.429. The van der Waals surface area contributed by atoms with Crippen molar-refractivity contribution in [1.82, 2.24) is 9.97 Å². The number of rotatable bonds is 3. The zero-order valence-corrected chi connectivity index (χ0v) is 7.01. The molecule has 1 heterocycles. The van der Waals surface area contributed by atoms with Gasteiger partial charge in [0.2, 0.25) is 5.28 Å². The highest BCUT2D eigenvalue weighted by Crippen LogP contribution is 2.01. The van der Waals surface area contributed by atoms with Crippen molar-refractivity contribution in [3.8, 4) is 0 Å². The molecule has 0 atom stereocenters. The smallest absolute Gasteiger partial charge is 0.222 e. The maximum atomic E-state index is 5.55. The van der Waals surface area contributed by atoms with Crippen LogP contribution < -0.4 is 0 Å². The van der Waals surface area contributed by atoms with Crippen molar-refractivity contribution in [3.63, 3.8) is 0 Å². The van der Waals surface area contributed by atoms with E-state index < -0.39 is 0 Å². The zero-order valence-electron chi connectivity index (χ0n) is 6.25. The van der Waals surface area contributed by atoms with Crippen LogP contribution in [-0.2, 0) is 11.3 Å². The minimum Gasteiger partial charge on any atom is -0.375 e. The lowest BCUT2D eigenvalue weighted by molar-refractivity contribution is 0.131. The largest absolute Gasteiger partial charge is 0.375 e. The third-order valence-electron chi connectivity index (χ3n) is 1.14. The van der Waals surface area contributed by atoms with Gasteiger partial charge in [0.15, 0.2) is 0 Å². The Morgan fingerprint density at radius 2 is 2.45 bits per heavy atom. The van der Waals surface area contributed by atoms with Gasteiger partial charge < -0.3 is 4.74 Å². The van der Waals surface area contributed by atoms with E-state index in [1.54, 1.807) is 12.3 Å². The third kappa shape index (κ3) is 2.82. The van der Waals surface area contributed by atoms with Gasteiger partial charge >= 0.3 is 0 Å². The second kappa shape index (κ2) is 4.26. The molecule has 60 valence electrons. The van der Waals surface area contributed by atoms with Crippen LogP contribution in [0.1, 0.15) is 12.6 Å². The summed E-state index contributed by atoms with van der Waals surface area (Å²) >= 11 is 5.55. The van der Waals surface area contributed by atoms with E-state index >= 15 is 0 Å². The fourth-order valence-corrected chi connectivity index (χ4v) is 0.821. The molecule has 0 N–H and O–H groups in total. The van der Waals surface area contributed by atoms with Crippen LogP contribution in [0.4, 0.5) is 0 Å². The van der Waals surface area contributed by atoms with Crippen molar-refractivity contribution in [3.05, 3.63) is 23.2 Å². The van der Waals surface area contributed by atoms with E-state index in [4.69, 9.17) is 16.3 Å². The van der Waals surface area contributed by atoms with Crippen LogP contribution in [-0.4, -0.2) is 16.6 Å². The lowest BCUT2D eigenvalue weighted by Gasteiger charge is -1.98. The van der Waals surface area contributed by atoms with E-state index in [0.717, 1.165) is 5.69 Å². The molecule has 1 aromatic heterocycles. The number of ether oxygens (including phenoxy) is 1. The van der Waals surface area contributed by atoms with E-state index in [-0.39, 0.29) is 5.28 Å². The van der Waals surface area contributed by atoms with Gasteiger partial charge in [-0.25, -0.2) is 9.97 Å². The Hall–Kier alpha value is -0.670. The fourth-order valence-electron chi connectivity index (χ4n) is 0.656. The monoisotopic (exact) mass is 172 g/mol. The summed E-state index contributed by atoms with van der Waals surface area (Å²) in [6, 6.07) is 1.78. The SMILES string of the molecule is CCOCc1ccnc(Cl)n1. The average Bonchev–Trinajstić information content (AvgIpc) is 2.01. The van der Waals surface area contributed by atoms with Crippen molar-refractivity contribution in [2.24, 2.45) is 0 Å². The molecular formula is C7H9ClN2O. The van der Waals surface area contributed by atoms with E-state index in [2.05, 4.69) is 9.97 Å². The summed E-state index contributed by atoms with van der Waals surface area (Å²) in [5.74, 6) is 0. The molecule has 0 amide bonds. The standard InChI is InChI=1S/C7H9ClN2O/c1-2-11-5-6-3-4-9-7(8)10-6/h3-4H,2,5H2,1H3. The van der Waals surface area contributed by atoms with Gasteiger partial charge in [-0.1, -0.05) is 0 Å². The highest BCUT2D eigenvalue weighted by molar-refractivity contribution is 6.28. The molecule has 0 bridgehead atoms. The van der Waals surface area contributed by atoms with E-state index in [1.165, 1.54) is 0 Å². The molecule has 0 unspecified atom stereocenters. The van der Waals surface area contributed by atoms with Gasteiger partial charge in [0.1, 0.15) is 0 Å². The Balaban J connectivity index is 2.56. The van der Waals surface area contributed by atoms with Crippen LogP contribution in [0.5, 0.6) is 0 Å². The minimum atomic E-state index is 0.266. The predicted molar refractivity (Wildman–Crippen MR) is 42.4 cm³/mol. The van der Waals surface area contributed by atoms with E-state index in [1.807, 2.05) is 6.92 Å². The summed E-state index contributed by atoms with van der Waals surface area (Å²) in [6.45, 7) is 3.11. The van der Waals surface area contributed by atoms with Crippen molar-refractivity contribution in [1.29, 1.82) is 0 Å². The second-order valence-corrected chi connectivity index (χ2v) is 2.29. The van der Waals surface area contributed by atoms with E-state index in [9.17, 15) is 0 Å². The van der Waals surface area contributed by atoms with Crippen LogP contribution >= 0.6 is 11.6 Å². The first-order valence-corrected chi connectivity index (χ1v) is 3.76. The van der Waals surface area contributed by atoms with Gasteiger partial charge in [-0.2, -0.15) is 0 Å². The third-order valence-corrected chi connectivity index (χ3v) is 1.32. The highest BCUT2D eigenvalue weighted by atomic mass is 35.5. The van der Waals surface area contributed by atoms with Gasteiger partial charge in [0, 0.05) is 12.8 Å². The molecule has 4 heteroatoms. The molecule has 1 aromatic rings. The molecule has 0 saturated heterocycles. The van der Waals surface area contributed by atoms with Crippen molar-refractivity contribution in [2.75, 3.05) is 6.61 Å². The maximum Gasteiger partial charge on any atom is 0.222 e. The quantitative estimate of drug-likeness (QED) is 0.651. The Kier molecular flexibility index (Phi) is 3.26. The van der Waals surface area contributed by atoms with Crippen molar-refractivity contribution >= 4 is 11.6 Å². The summed E-state index contributed by atoms with van der Waals surface area (Å²) in [4.78, 5) is 7.69. The number of nitrogens with zero attached hydrogens (tertiary/aromatic N) is 2. The molecule has 1 rings (SSSR count). The normalized spacial score (nSPS) is 10.0. The first-order chi connectivity index (χ1) is 5.33. The van der Waals surface area contributed by atoms with Gasteiger partial charge in [-0.15, -0.1) is 0 Å². The van der Waals surface area contributed by atoms with Crippen molar-refractivity contribution in [2.45, 2.75) is 13.5 Å². The summed E-state index contributed by atoms with van der Waals surface area (Å²) in [6.07, 6.45) is 1.61. The Labute approximate surface area is 70.4 Å². The zero-order chi connectivity index (χ0) is 8.10. The number of halogens is 1. The van der Waals surface area contributed by atoms with Gasteiger partial charge in [-0.3, -0.25) is 0 Å². The Morgan fingerprint density at radius 1 is 1.64 bits per heavy atom. The minimum absolute atomic E-state index is 0.266.